The molecule has 0 bridgehead atoms. The topological polar surface area (TPSA) is 118 Å². The van der Waals surface area contributed by atoms with Crippen LogP contribution in [0.2, 0.25) is 0 Å². The molecule has 1 aliphatic carbocycles. The summed E-state index contributed by atoms with van der Waals surface area (Å²) in [6.45, 7) is 2.35. The molecule has 142 valence electrons. The first kappa shape index (κ1) is 19.6. The zero-order valence-electron chi connectivity index (χ0n) is 14.8. The highest BCUT2D eigenvalue weighted by atomic mass is 16.7. The molecule has 0 spiro atoms. The van der Waals surface area contributed by atoms with Gasteiger partial charge in [0.1, 0.15) is 5.60 Å². The molecule has 2 aliphatic rings. The van der Waals surface area contributed by atoms with Crippen molar-refractivity contribution in [2.75, 3.05) is 14.2 Å². The number of ether oxygens (including phenoxy) is 5. The summed E-state index contributed by atoms with van der Waals surface area (Å²) in [5.74, 6) is -2.18. The molecule has 0 radical (unpaired) electrons. The number of methoxy groups -OCH3 is 2. The maximum atomic E-state index is 12.3. The molecule has 2 rings (SSSR count). The van der Waals surface area contributed by atoms with Crippen molar-refractivity contribution in [1.82, 2.24) is 0 Å². The van der Waals surface area contributed by atoms with E-state index in [-0.39, 0.29) is 12.8 Å². The number of esters is 3. The van der Waals surface area contributed by atoms with Crippen LogP contribution in [0, 0.1) is 0 Å². The Hall–Kier alpha value is -1.71. The van der Waals surface area contributed by atoms with Crippen molar-refractivity contribution in [1.29, 1.82) is 0 Å². The van der Waals surface area contributed by atoms with Gasteiger partial charge in [-0.05, 0) is 19.3 Å². The van der Waals surface area contributed by atoms with Crippen molar-refractivity contribution in [2.24, 2.45) is 0 Å². The molecule has 0 aromatic rings. The smallest absolute Gasteiger partial charge is 0.339 e. The summed E-state index contributed by atoms with van der Waals surface area (Å²) in [6, 6.07) is 0. The van der Waals surface area contributed by atoms with E-state index < -0.39 is 47.6 Å². The second kappa shape index (κ2) is 7.27. The van der Waals surface area contributed by atoms with E-state index in [0.717, 1.165) is 7.11 Å². The Morgan fingerprint density at radius 1 is 1.08 bits per heavy atom. The van der Waals surface area contributed by atoms with E-state index >= 15 is 0 Å². The quantitative estimate of drug-likeness (QED) is 0.549. The molecule has 0 unspecified atom stereocenters. The van der Waals surface area contributed by atoms with E-state index in [1.165, 1.54) is 21.0 Å². The number of carbonyl (C=O) groups excluding carboxylic acids is 3. The Balaban J connectivity index is 2.60. The first-order valence-electron chi connectivity index (χ1n) is 8.07. The SMILES string of the molecule is COC(=O)[C@@H]1O[C@@H](OC)[C@@H](OC(C)=O)[C@]2(O)CCCC[C@@]12OC(C)=O. The molecule has 9 nitrogen and oxygen atoms in total. The van der Waals surface area contributed by atoms with E-state index in [4.69, 9.17) is 23.7 Å². The number of hydrogen-bond acceptors (Lipinski definition) is 9. The summed E-state index contributed by atoms with van der Waals surface area (Å²) in [4.78, 5) is 35.6. The molecule has 0 amide bonds. The molecule has 0 aromatic carbocycles. The lowest BCUT2D eigenvalue weighted by Gasteiger charge is -2.58. The number of fused-ring (bicyclic) bond motifs is 1. The molecule has 2 fully saturated rings. The van der Waals surface area contributed by atoms with Gasteiger partial charge in [-0.2, -0.15) is 0 Å². The Morgan fingerprint density at radius 3 is 2.24 bits per heavy atom. The Morgan fingerprint density at radius 2 is 1.72 bits per heavy atom. The maximum Gasteiger partial charge on any atom is 0.339 e. The fraction of sp³-hybridized carbons (Fsp3) is 0.812. The third-order valence-corrected chi connectivity index (χ3v) is 4.77. The number of aliphatic hydroxyl groups is 1. The predicted octanol–water partition coefficient (Wildman–Crippen LogP) is 0.0694. The minimum absolute atomic E-state index is 0.134. The normalized spacial score (nSPS) is 37.6. The van der Waals surface area contributed by atoms with Crippen molar-refractivity contribution in [3.63, 3.8) is 0 Å². The van der Waals surface area contributed by atoms with Gasteiger partial charge < -0.3 is 28.8 Å². The van der Waals surface area contributed by atoms with Crippen LogP contribution in [0.3, 0.4) is 0 Å². The highest BCUT2D eigenvalue weighted by molar-refractivity contribution is 5.78. The van der Waals surface area contributed by atoms with Gasteiger partial charge in [-0.3, -0.25) is 9.59 Å². The van der Waals surface area contributed by atoms with Crippen LogP contribution in [0.4, 0.5) is 0 Å². The molecule has 1 N–H and O–H groups in total. The average Bonchev–Trinajstić information content (AvgIpc) is 2.54. The van der Waals surface area contributed by atoms with Gasteiger partial charge >= 0.3 is 17.9 Å². The van der Waals surface area contributed by atoms with Crippen LogP contribution in [-0.4, -0.2) is 66.9 Å². The van der Waals surface area contributed by atoms with Crippen LogP contribution in [-0.2, 0) is 38.1 Å². The largest absolute Gasteiger partial charge is 0.467 e. The summed E-state index contributed by atoms with van der Waals surface area (Å²) < 4.78 is 26.3. The van der Waals surface area contributed by atoms with Crippen LogP contribution in [0.25, 0.3) is 0 Å². The minimum atomic E-state index is -1.86. The van der Waals surface area contributed by atoms with E-state index in [0.29, 0.717) is 12.8 Å². The fourth-order valence-electron chi connectivity index (χ4n) is 3.81. The third kappa shape index (κ3) is 3.23. The van der Waals surface area contributed by atoms with Gasteiger partial charge in [0.15, 0.2) is 18.0 Å². The third-order valence-electron chi connectivity index (χ3n) is 4.77. The highest BCUT2D eigenvalue weighted by Crippen LogP contribution is 2.51. The second-order valence-electron chi connectivity index (χ2n) is 6.29. The van der Waals surface area contributed by atoms with Crippen LogP contribution < -0.4 is 0 Å². The van der Waals surface area contributed by atoms with E-state index in [1.54, 1.807) is 0 Å². The van der Waals surface area contributed by atoms with E-state index in [1.807, 2.05) is 0 Å². The van der Waals surface area contributed by atoms with Gasteiger partial charge in [-0.1, -0.05) is 6.42 Å². The zero-order chi connectivity index (χ0) is 18.8. The molecular formula is C16H24O9. The van der Waals surface area contributed by atoms with Gasteiger partial charge in [0.2, 0.25) is 6.10 Å². The molecule has 1 heterocycles. The van der Waals surface area contributed by atoms with Gasteiger partial charge in [0, 0.05) is 21.0 Å². The van der Waals surface area contributed by atoms with Crippen LogP contribution in [0.1, 0.15) is 39.5 Å². The van der Waals surface area contributed by atoms with Crippen molar-refractivity contribution in [2.45, 2.75) is 69.2 Å². The standard InChI is InChI=1S/C16H24O9/c1-9(17)23-12-14(22-4)24-11(13(19)21-3)16(25-10(2)18)8-6-5-7-15(12,16)20/h11-12,14,20H,5-8H2,1-4H3/t11-,12+,14+,15+,16+/m0/s1. The Labute approximate surface area is 145 Å². The lowest BCUT2D eigenvalue weighted by molar-refractivity contribution is -0.363. The number of carbonyl (C=O) groups is 3. The minimum Gasteiger partial charge on any atom is -0.467 e. The van der Waals surface area contributed by atoms with Crippen LogP contribution >= 0.6 is 0 Å². The maximum absolute atomic E-state index is 12.3. The Bertz CT molecular complexity index is 548. The lowest BCUT2D eigenvalue weighted by atomic mass is 9.64. The van der Waals surface area contributed by atoms with Crippen LogP contribution in [0.5, 0.6) is 0 Å². The fourth-order valence-corrected chi connectivity index (χ4v) is 3.81. The lowest BCUT2D eigenvalue weighted by Crippen LogP contribution is -2.78. The van der Waals surface area contributed by atoms with Gasteiger partial charge in [-0.25, -0.2) is 4.79 Å². The van der Waals surface area contributed by atoms with Gasteiger partial charge in [0.05, 0.1) is 7.11 Å². The van der Waals surface area contributed by atoms with Crippen molar-refractivity contribution in [3.05, 3.63) is 0 Å². The molecule has 1 saturated carbocycles. The van der Waals surface area contributed by atoms with Gasteiger partial charge in [0.25, 0.3) is 0 Å². The summed E-state index contributed by atoms with van der Waals surface area (Å²) in [5.41, 5.74) is -3.60. The summed E-state index contributed by atoms with van der Waals surface area (Å²) >= 11 is 0. The van der Waals surface area contributed by atoms with E-state index in [2.05, 4.69) is 0 Å². The van der Waals surface area contributed by atoms with Crippen LogP contribution in [0.15, 0.2) is 0 Å². The molecular weight excluding hydrogens is 336 g/mol. The first-order chi connectivity index (χ1) is 11.7. The number of rotatable bonds is 4. The predicted molar refractivity (Wildman–Crippen MR) is 81.2 cm³/mol. The molecule has 9 heteroatoms. The molecule has 1 aliphatic heterocycles. The second-order valence-corrected chi connectivity index (χ2v) is 6.29. The monoisotopic (exact) mass is 360 g/mol. The molecule has 5 atom stereocenters. The summed E-state index contributed by atoms with van der Waals surface area (Å²) in [6.07, 6.45) is -2.46. The van der Waals surface area contributed by atoms with E-state index in [9.17, 15) is 19.5 Å². The zero-order valence-corrected chi connectivity index (χ0v) is 14.8. The summed E-state index contributed by atoms with van der Waals surface area (Å²) in [5, 5.41) is 11.5. The highest BCUT2D eigenvalue weighted by Gasteiger charge is 2.71. The molecule has 25 heavy (non-hydrogen) atoms. The number of hydrogen-bond donors (Lipinski definition) is 1. The molecule has 1 saturated heterocycles. The summed E-state index contributed by atoms with van der Waals surface area (Å²) in [7, 11) is 2.45. The van der Waals surface area contributed by atoms with Gasteiger partial charge in [-0.15, -0.1) is 0 Å². The van der Waals surface area contributed by atoms with Crippen molar-refractivity contribution in [3.8, 4) is 0 Å². The Kier molecular flexibility index (Phi) is 5.70. The van der Waals surface area contributed by atoms with Crippen molar-refractivity contribution < 1.29 is 43.2 Å². The average molecular weight is 360 g/mol. The molecule has 0 aromatic heterocycles. The van der Waals surface area contributed by atoms with Crippen molar-refractivity contribution >= 4 is 17.9 Å². The first-order valence-corrected chi connectivity index (χ1v) is 8.07.